The van der Waals surface area contributed by atoms with E-state index in [1.807, 2.05) is 6.07 Å². The fourth-order valence-corrected chi connectivity index (χ4v) is 1.41. The Kier molecular flexibility index (Phi) is 3.27. The molecule has 0 aliphatic carbocycles. The Morgan fingerprint density at radius 1 is 1.31 bits per heavy atom. The fraction of sp³-hybridized carbons (Fsp3) is 0.462. The Bertz CT molecular complexity index is 414. The number of aromatic hydroxyl groups is 1. The Hall–Kier alpha value is -1.51. The molecule has 3 heteroatoms. The number of carbonyl (C=O) groups excluding carboxylic acids is 1. The van der Waals surface area contributed by atoms with E-state index in [2.05, 4.69) is 20.8 Å². The number of hydrogen-bond acceptors (Lipinski definition) is 3. The van der Waals surface area contributed by atoms with Crippen molar-refractivity contribution < 1.29 is 14.6 Å². The van der Waals surface area contributed by atoms with E-state index in [-0.39, 0.29) is 16.9 Å². The van der Waals surface area contributed by atoms with Crippen LogP contribution in [0.1, 0.15) is 38.8 Å². The summed E-state index contributed by atoms with van der Waals surface area (Å²) in [6.45, 7) is 9.30. The molecule has 0 spiro atoms. The first-order valence-corrected chi connectivity index (χ1v) is 5.24. The molecule has 0 atom stereocenters. The number of aryl methyl sites for hydroxylation is 1. The van der Waals surface area contributed by atoms with Crippen LogP contribution < -0.4 is 4.74 Å². The second-order valence-electron chi connectivity index (χ2n) is 4.98. The maximum Gasteiger partial charge on any atom is 0.308 e. The molecular formula is C13H18O3. The van der Waals surface area contributed by atoms with E-state index < -0.39 is 5.97 Å². The van der Waals surface area contributed by atoms with E-state index >= 15 is 0 Å². The molecule has 0 saturated carbocycles. The summed E-state index contributed by atoms with van der Waals surface area (Å²) in [7, 11) is 0. The zero-order chi connectivity index (χ0) is 12.5. The first kappa shape index (κ1) is 12.6. The van der Waals surface area contributed by atoms with Gasteiger partial charge >= 0.3 is 5.97 Å². The minimum atomic E-state index is -0.430. The third-order valence-electron chi connectivity index (χ3n) is 2.39. The van der Waals surface area contributed by atoms with Gasteiger partial charge in [-0.3, -0.25) is 4.79 Å². The van der Waals surface area contributed by atoms with E-state index in [9.17, 15) is 9.90 Å². The van der Waals surface area contributed by atoms with Gasteiger partial charge in [0.1, 0.15) is 0 Å². The zero-order valence-corrected chi connectivity index (χ0v) is 10.4. The number of phenolic OH excluding ortho intramolecular Hbond substituents is 1. The smallest absolute Gasteiger partial charge is 0.308 e. The first-order chi connectivity index (χ1) is 7.21. The lowest BCUT2D eigenvalue weighted by Crippen LogP contribution is -2.12. The molecule has 0 bridgehead atoms. The second-order valence-corrected chi connectivity index (χ2v) is 4.98. The lowest BCUT2D eigenvalue weighted by atomic mass is 9.86. The third kappa shape index (κ3) is 2.75. The van der Waals surface area contributed by atoms with Gasteiger partial charge in [-0.15, -0.1) is 0 Å². The van der Waals surface area contributed by atoms with Crippen molar-refractivity contribution in [3.05, 3.63) is 23.3 Å². The van der Waals surface area contributed by atoms with Crippen LogP contribution >= 0.6 is 0 Å². The third-order valence-corrected chi connectivity index (χ3v) is 2.39. The maximum absolute atomic E-state index is 10.9. The summed E-state index contributed by atoms with van der Waals surface area (Å²) < 4.78 is 4.97. The van der Waals surface area contributed by atoms with Crippen molar-refractivity contribution >= 4 is 5.97 Å². The molecule has 0 aliphatic heterocycles. The monoisotopic (exact) mass is 222 g/mol. The number of esters is 1. The molecule has 0 aliphatic rings. The van der Waals surface area contributed by atoms with Crippen LogP contribution in [0, 0.1) is 6.92 Å². The van der Waals surface area contributed by atoms with Crippen LogP contribution in [0.25, 0.3) is 0 Å². The van der Waals surface area contributed by atoms with Gasteiger partial charge in [-0.25, -0.2) is 0 Å². The number of ether oxygens (including phenoxy) is 1. The van der Waals surface area contributed by atoms with Crippen LogP contribution in [0.4, 0.5) is 0 Å². The fourth-order valence-electron chi connectivity index (χ4n) is 1.41. The summed E-state index contributed by atoms with van der Waals surface area (Å²) in [5.41, 5.74) is 1.69. The molecule has 3 nitrogen and oxygen atoms in total. The van der Waals surface area contributed by atoms with E-state index in [0.29, 0.717) is 5.56 Å². The highest BCUT2D eigenvalue weighted by Gasteiger charge is 2.18. The van der Waals surface area contributed by atoms with Crippen LogP contribution in [0.3, 0.4) is 0 Å². The predicted molar refractivity (Wildman–Crippen MR) is 62.9 cm³/mol. The molecule has 0 aromatic heterocycles. The van der Waals surface area contributed by atoms with Gasteiger partial charge in [0, 0.05) is 6.92 Å². The Morgan fingerprint density at radius 3 is 2.31 bits per heavy atom. The van der Waals surface area contributed by atoms with E-state index in [0.717, 1.165) is 5.56 Å². The van der Waals surface area contributed by atoms with Gasteiger partial charge < -0.3 is 9.84 Å². The van der Waals surface area contributed by atoms with E-state index in [1.165, 1.54) is 6.92 Å². The average molecular weight is 222 g/mol. The molecular weight excluding hydrogens is 204 g/mol. The quantitative estimate of drug-likeness (QED) is 0.587. The van der Waals surface area contributed by atoms with Gasteiger partial charge in [0.25, 0.3) is 0 Å². The van der Waals surface area contributed by atoms with Crippen molar-refractivity contribution in [3.8, 4) is 11.5 Å². The summed E-state index contributed by atoms with van der Waals surface area (Å²) in [4.78, 5) is 10.9. The lowest BCUT2D eigenvalue weighted by molar-refractivity contribution is -0.132. The van der Waals surface area contributed by atoms with Gasteiger partial charge in [0.15, 0.2) is 11.5 Å². The molecule has 0 heterocycles. The molecule has 0 fully saturated rings. The number of rotatable bonds is 1. The largest absolute Gasteiger partial charge is 0.504 e. The molecule has 0 saturated heterocycles. The minimum Gasteiger partial charge on any atom is -0.504 e. The van der Waals surface area contributed by atoms with Gasteiger partial charge in [0.2, 0.25) is 0 Å². The van der Waals surface area contributed by atoms with Crippen LogP contribution in [-0.4, -0.2) is 11.1 Å². The Morgan fingerprint density at radius 2 is 1.88 bits per heavy atom. The van der Waals surface area contributed by atoms with Crippen molar-refractivity contribution in [2.75, 3.05) is 0 Å². The highest BCUT2D eigenvalue weighted by molar-refractivity contribution is 5.71. The van der Waals surface area contributed by atoms with Crippen molar-refractivity contribution in [2.45, 2.75) is 40.0 Å². The topological polar surface area (TPSA) is 46.5 Å². The molecule has 1 aromatic rings. The molecule has 1 N–H and O–H groups in total. The highest BCUT2D eigenvalue weighted by Crippen LogP contribution is 2.35. The number of carbonyl (C=O) groups is 1. The summed E-state index contributed by atoms with van der Waals surface area (Å²) in [5, 5.41) is 9.76. The van der Waals surface area contributed by atoms with Gasteiger partial charge in [-0.05, 0) is 29.5 Å². The molecule has 0 unspecified atom stereocenters. The van der Waals surface area contributed by atoms with Crippen molar-refractivity contribution in [3.63, 3.8) is 0 Å². The van der Waals surface area contributed by atoms with Crippen LogP contribution in [0.5, 0.6) is 11.5 Å². The zero-order valence-electron chi connectivity index (χ0n) is 10.4. The van der Waals surface area contributed by atoms with Crippen molar-refractivity contribution in [2.24, 2.45) is 0 Å². The van der Waals surface area contributed by atoms with Crippen LogP contribution in [0.2, 0.25) is 0 Å². The van der Waals surface area contributed by atoms with Gasteiger partial charge in [-0.2, -0.15) is 0 Å². The predicted octanol–water partition coefficient (Wildman–Crippen LogP) is 2.92. The summed E-state index contributed by atoms with van der Waals surface area (Å²) in [5.74, 6) is -0.165. The number of phenols is 1. The molecule has 0 amide bonds. The molecule has 0 radical (unpaired) electrons. The standard InChI is InChI=1S/C13H18O3/c1-8-6-10(13(3,4)5)7-11(12(8)15)16-9(2)14/h6-7,15H,1-5H3. The number of hydrogen-bond donors (Lipinski definition) is 1. The summed E-state index contributed by atoms with van der Waals surface area (Å²) >= 11 is 0. The van der Waals surface area contributed by atoms with Crippen molar-refractivity contribution in [1.29, 1.82) is 0 Å². The van der Waals surface area contributed by atoms with Crippen molar-refractivity contribution in [1.82, 2.24) is 0 Å². The van der Waals surface area contributed by atoms with Gasteiger partial charge in [0.05, 0.1) is 0 Å². The normalized spacial score (nSPS) is 11.3. The highest BCUT2D eigenvalue weighted by atomic mass is 16.5. The molecule has 16 heavy (non-hydrogen) atoms. The first-order valence-electron chi connectivity index (χ1n) is 5.24. The number of benzene rings is 1. The second kappa shape index (κ2) is 4.16. The lowest BCUT2D eigenvalue weighted by Gasteiger charge is -2.21. The Labute approximate surface area is 96.1 Å². The molecule has 1 rings (SSSR count). The SMILES string of the molecule is CC(=O)Oc1cc(C(C)(C)C)cc(C)c1O. The maximum atomic E-state index is 10.9. The molecule has 1 aromatic carbocycles. The minimum absolute atomic E-state index is 0.0307. The Balaban J connectivity index is 3.27. The molecule has 88 valence electrons. The van der Waals surface area contributed by atoms with Crippen LogP contribution in [0.15, 0.2) is 12.1 Å². The van der Waals surface area contributed by atoms with Crippen LogP contribution in [-0.2, 0) is 10.2 Å². The van der Waals surface area contributed by atoms with Gasteiger partial charge in [-0.1, -0.05) is 26.8 Å². The summed E-state index contributed by atoms with van der Waals surface area (Å²) in [6, 6.07) is 3.62. The van der Waals surface area contributed by atoms with E-state index in [1.54, 1.807) is 13.0 Å². The average Bonchev–Trinajstić information content (AvgIpc) is 2.10. The summed E-state index contributed by atoms with van der Waals surface area (Å²) in [6.07, 6.45) is 0. The van der Waals surface area contributed by atoms with E-state index in [4.69, 9.17) is 4.74 Å².